The average molecular weight is 373 g/mol. The Bertz CT molecular complexity index is 609. The third-order valence-corrected chi connectivity index (χ3v) is 6.15. The van der Waals surface area contributed by atoms with E-state index in [0.717, 1.165) is 12.8 Å². The van der Waals surface area contributed by atoms with E-state index in [4.69, 9.17) is 11.6 Å². The van der Waals surface area contributed by atoms with Crippen molar-refractivity contribution >= 4 is 29.9 Å². The number of hydrogen-bond donors (Lipinski definition) is 1. The van der Waals surface area contributed by atoms with Gasteiger partial charge in [-0.25, -0.2) is 4.39 Å². The van der Waals surface area contributed by atoms with Crippen molar-refractivity contribution in [2.45, 2.75) is 56.1 Å². The van der Waals surface area contributed by atoms with Crippen molar-refractivity contribution in [3.63, 3.8) is 0 Å². The van der Waals surface area contributed by atoms with Crippen LogP contribution >= 0.6 is 24.0 Å². The maximum Gasteiger partial charge on any atom is 0.226 e. The molecule has 1 aliphatic carbocycles. The van der Waals surface area contributed by atoms with E-state index in [1.807, 2.05) is 11.9 Å². The van der Waals surface area contributed by atoms with Crippen LogP contribution in [0.5, 0.6) is 0 Å². The number of rotatable bonds is 3. The molecule has 0 radical (unpaired) electrons. The van der Waals surface area contributed by atoms with E-state index in [2.05, 4.69) is 5.32 Å². The first-order valence-electron chi connectivity index (χ1n) is 8.51. The monoisotopic (exact) mass is 372 g/mol. The molecule has 1 aromatic carbocycles. The van der Waals surface area contributed by atoms with Crippen LogP contribution in [0.1, 0.15) is 43.6 Å². The Morgan fingerprint density at radius 1 is 1.25 bits per heavy atom. The lowest BCUT2D eigenvalue weighted by Crippen LogP contribution is -2.49. The molecule has 1 saturated carbocycles. The van der Waals surface area contributed by atoms with Crippen molar-refractivity contribution in [3.8, 4) is 0 Å². The number of nitrogens with zero attached hydrogens (tertiary/aromatic N) is 1. The highest BCUT2D eigenvalue weighted by atomic mass is 35.5. The van der Waals surface area contributed by atoms with Crippen molar-refractivity contribution in [3.05, 3.63) is 34.6 Å². The van der Waals surface area contributed by atoms with Crippen LogP contribution in [0.2, 0.25) is 5.02 Å². The number of piperidine rings is 1. The molecule has 2 bridgehead atoms. The van der Waals surface area contributed by atoms with Gasteiger partial charge in [-0.3, -0.25) is 4.79 Å². The van der Waals surface area contributed by atoms with E-state index in [9.17, 15) is 9.18 Å². The summed E-state index contributed by atoms with van der Waals surface area (Å²) in [6.07, 6.45) is 5.23. The largest absolute Gasteiger partial charge is 0.342 e. The molecule has 0 aromatic heterocycles. The molecule has 4 atom stereocenters. The smallest absolute Gasteiger partial charge is 0.226 e. The Morgan fingerprint density at radius 3 is 2.54 bits per heavy atom. The fraction of sp³-hybridized carbons (Fsp3) is 0.611. The van der Waals surface area contributed by atoms with Crippen LogP contribution < -0.4 is 5.32 Å². The summed E-state index contributed by atoms with van der Waals surface area (Å²) in [7, 11) is 1.91. The predicted molar refractivity (Wildman–Crippen MR) is 95.2 cm³/mol. The number of nitrogens with one attached hydrogen (secondary N) is 1. The van der Waals surface area contributed by atoms with Gasteiger partial charge in [-0.1, -0.05) is 17.7 Å². The van der Waals surface area contributed by atoms with Gasteiger partial charge >= 0.3 is 0 Å². The summed E-state index contributed by atoms with van der Waals surface area (Å²) in [5, 5.41) is 4.04. The molecule has 2 aliphatic heterocycles. The quantitative estimate of drug-likeness (QED) is 0.876. The van der Waals surface area contributed by atoms with Crippen LogP contribution in [0.4, 0.5) is 4.39 Å². The standard InChI is InChI=1S/C18H22ClFN2O.ClH/c1-22(12-7-10-5-6-11(8-12)21-10)18(23)14-9-13(14)17-15(19)3-2-4-16(17)20;/h2-4,10-14,21H,5-9H2,1H3;1H. The van der Waals surface area contributed by atoms with Gasteiger partial charge in [-0.15, -0.1) is 12.4 Å². The summed E-state index contributed by atoms with van der Waals surface area (Å²) in [4.78, 5) is 14.7. The number of amides is 1. The van der Waals surface area contributed by atoms with E-state index in [0.29, 0.717) is 35.1 Å². The number of benzene rings is 1. The zero-order valence-electron chi connectivity index (χ0n) is 13.7. The molecule has 3 fully saturated rings. The molecule has 3 nitrogen and oxygen atoms in total. The van der Waals surface area contributed by atoms with Gasteiger partial charge in [0.2, 0.25) is 5.91 Å². The van der Waals surface area contributed by atoms with Crippen molar-refractivity contribution in [1.82, 2.24) is 10.2 Å². The summed E-state index contributed by atoms with van der Waals surface area (Å²) in [6.45, 7) is 0. The second kappa shape index (κ2) is 6.81. The van der Waals surface area contributed by atoms with Crippen LogP contribution in [-0.2, 0) is 4.79 Å². The minimum atomic E-state index is -0.291. The van der Waals surface area contributed by atoms with Gasteiger partial charge in [0.1, 0.15) is 5.82 Å². The third kappa shape index (κ3) is 3.16. The summed E-state index contributed by atoms with van der Waals surface area (Å²) >= 11 is 6.14. The Balaban J connectivity index is 0.00000169. The van der Waals surface area contributed by atoms with E-state index >= 15 is 0 Å². The Morgan fingerprint density at radius 2 is 1.92 bits per heavy atom. The molecule has 24 heavy (non-hydrogen) atoms. The van der Waals surface area contributed by atoms with Crippen molar-refractivity contribution in [1.29, 1.82) is 0 Å². The lowest BCUT2D eigenvalue weighted by atomic mass is 9.98. The molecule has 1 amide bonds. The minimum absolute atomic E-state index is 0. The fourth-order valence-electron chi connectivity index (χ4n) is 4.44. The molecule has 4 rings (SSSR count). The molecule has 6 heteroatoms. The topological polar surface area (TPSA) is 32.3 Å². The highest BCUT2D eigenvalue weighted by Crippen LogP contribution is 2.51. The summed E-state index contributed by atoms with van der Waals surface area (Å²) in [6, 6.07) is 6.18. The number of fused-ring (bicyclic) bond motifs is 2. The fourth-order valence-corrected chi connectivity index (χ4v) is 4.74. The zero-order valence-corrected chi connectivity index (χ0v) is 15.2. The van der Waals surface area contributed by atoms with Crippen molar-refractivity contribution in [2.75, 3.05) is 7.05 Å². The van der Waals surface area contributed by atoms with Gasteiger partial charge in [0.15, 0.2) is 0 Å². The van der Waals surface area contributed by atoms with E-state index < -0.39 is 0 Å². The minimum Gasteiger partial charge on any atom is -0.342 e. The van der Waals surface area contributed by atoms with E-state index in [-0.39, 0.29) is 36.0 Å². The molecule has 3 aliphatic rings. The lowest BCUT2D eigenvalue weighted by Gasteiger charge is -2.35. The Hall–Kier alpha value is -0.840. The highest BCUT2D eigenvalue weighted by Gasteiger charge is 2.49. The second-order valence-electron chi connectivity index (χ2n) is 7.30. The molecule has 4 unspecified atom stereocenters. The molecule has 0 spiro atoms. The first-order chi connectivity index (χ1) is 11.0. The van der Waals surface area contributed by atoms with Crippen LogP contribution in [0.25, 0.3) is 0 Å². The third-order valence-electron chi connectivity index (χ3n) is 5.82. The van der Waals surface area contributed by atoms with Crippen LogP contribution in [-0.4, -0.2) is 36.0 Å². The molecular weight excluding hydrogens is 350 g/mol. The first kappa shape index (κ1) is 18.0. The van der Waals surface area contributed by atoms with E-state index in [1.165, 1.54) is 18.9 Å². The number of carbonyl (C=O) groups excluding carboxylic acids is 1. The maximum atomic E-state index is 14.0. The first-order valence-corrected chi connectivity index (χ1v) is 8.89. The molecule has 1 N–H and O–H groups in total. The summed E-state index contributed by atoms with van der Waals surface area (Å²) in [5.41, 5.74) is 0.520. The van der Waals surface area contributed by atoms with Gasteiger partial charge in [-0.2, -0.15) is 0 Å². The van der Waals surface area contributed by atoms with Crippen molar-refractivity contribution < 1.29 is 9.18 Å². The number of carbonyl (C=O) groups is 1. The van der Waals surface area contributed by atoms with Crippen molar-refractivity contribution in [2.24, 2.45) is 5.92 Å². The molecule has 2 saturated heterocycles. The number of halogens is 3. The Labute approximate surface area is 153 Å². The SMILES string of the molecule is CN(C(=O)C1CC1c1c(F)cccc1Cl)C1CC2CCC(C1)N2.Cl. The van der Waals surface area contributed by atoms with Crippen LogP contribution in [0, 0.1) is 11.7 Å². The summed E-state index contributed by atoms with van der Waals surface area (Å²) in [5.74, 6) is -0.306. The van der Waals surface area contributed by atoms with Gasteiger partial charge < -0.3 is 10.2 Å². The van der Waals surface area contributed by atoms with Gasteiger partial charge in [0.25, 0.3) is 0 Å². The highest BCUT2D eigenvalue weighted by molar-refractivity contribution is 6.31. The Kier molecular flexibility index (Phi) is 5.10. The predicted octanol–water partition coefficient (Wildman–Crippen LogP) is 3.75. The van der Waals surface area contributed by atoms with Crippen LogP contribution in [0.15, 0.2) is 18.2 Å². The number of hydrogen-bond acceptors (Lipinski definition) is 2. The van der Waals surface area contributed by atoms with E-state index in [1.54, 1.807) is 12.1 Å². The van der Waals surface area contributed by atoms with Crippen LogP contribution in [0.3, 0.4) is 0 Å². The second-order valence-corrected chi connectivity index (χ2v) is 7.70. The zero-order chi connectivity index (χ0) is 16.1. The molecule has 2 heterocycles. The molecular formula is C18H23Cl2FN2O. The molecule has 1 aromatic rings. The average Bonchev–Trinajstić information content (AvgIpc) is 3.24. The van der Waals surface area contributed by atoms with Gasteiger partial charge in [-0.05, 0) is 44.2 Å². The lowest BCUT2D eigenvalue weighted by molar-refractivity contribution is -0.134. The normalized spacial score (nSPS) is 33.7. The van der Waals surface area contributed by atoms with Gasteiger partial charge in [0, 0.05) is 47.6 Å². The maximum absolute atomic E-state index is 14.0. The summed E-state index contributed by atoms with van der Waals surface area (Å²) < 4.78 is 14.0. The molecule has 132 valence electrons. The van der Waals surface area contributed by atoms with Gasteiger partial charge in [0.05, 0.1) is 0 Å².